The predicted octanol–water partition coefficient (Wildman–Crippen LogP) is 2.80. The van der Waals surface area contributed by atoms with Crippen LogP contribution in [-0.2, 0) is 24.3 Å². The molecule has 9 heteroatoms. The first-order chi connectivity index (χ1) is 13.6. The molecule has 0 aliphatic carbocycles. The number of anilines is 2. The van der Waals surface area contributed by atoms with Crippen LogP contribution in [0.25, 0.3) is 0 Å². The van der Waals surface area contributed by atoms with E-state index in [2.05, 4.69) is 10.1 Å². The molecule has 0 saturated carbocycles. The Labute approximate surface area is 170 Å². The third-order valence-electron chi connectivity index (χ3n) is 3.76. The summed E-state index contributed by atoms with van der Waals surface area (Å²) >= 11 is 0. The topological polar surface area (TPSA) is 102 Å². The second-order valence-electron chi connectivity index (χ2n) is 6.45. The predicted molar refractivity (Wildman–Crippen MR) is 109 cm³/mol. The van der Waals surface area contributed by atoms with Gasteiger partial charge < -0.3 is 14.8 Å². The summed E-state index contributed by atoms with van der Waals surface area (Å²) in [7, 11) is -2.87. The number of methoxy groups -OCH3 is 1. The van der Waals surface area contributed by atoms with E-state index in [1.165, 1.54) is 38.3 Å². The van der Waals surface area contributed by atoms with Crippen LogP contribution in [0.15, 0.2) is 53.4 Å². The summed E-state index contributed by atoms with van der Waals surface area (Å²) in [4.78, 5) is 23.0. The van der Waals surface area contributed by atoms with Crippen molar-refractivity contribution in [3.8, 4) is 5.75 Å². The number of carbonyl (C=O) groups is 2. The van der Waals surface area contributed by atoms with Gasteiger partial charge in [-0.05, 0) is 62.4 Å². The van der Waals surface area contributed by atoms with Crippen LogP contribution < -0.4 is 14.4 Å². The minimum atomic E-state index is -4.06. The first-order valence-electron chi connectivity index (χ1n) is 8.87. The molecule has 2 rings (SSSR count). The number of carbonyl (C=O) groups excluding carboxylic acids is 2. The Morgan fingerprint density at radius 3 is 2.10 bits per heavy atom. The van der Waals surface area contributed by atoms with Crippen LogP contribution in [0.5, 0.6) is 5.75 Å². The zero-order valence-corrected chi connectivity index (χ0v) is 17.5. The Morgan fingerprint density at radius 1 is 1.03 bits per heavy atom. The van der Waals surface area contributed by atoms with Gasteiger partial charge in [0.25, 0.3) is 10.0 Å². The van der Waals surface area contributed by atoms with E-state index in [0.29, 0.717) is 11.4 Å². The van der Waals surface area contributed by atoms with Gasteiger partial charge in [-0.25, -0.2) is 8.42 Å². The summed E-state index contributed by atoms with van der Waals surface area (Å²) in [5, 5.41) is 2.57. The molecular formula is C20H24N2O6S. The van der Waals surface area contributed by atoms with Gasteiger partial charge in [0, 0.05) is 12.6 Å². The molecule has 156 valence electrons. The van der Waals surface area contributed by atoms with E-state index < -0.39 is 22.5 Å². The fourth-order valence-corrected chi connectivity index (χ4v) is 3.91. The summed E-state index contributed by atoms with van der Waals surface area (Å²) in [6.07, 6.45) is -0.0297. The highest BCUT2D eigenvalue weighted by atomic mass is 32.2. The third kappa shape index (κ3) is 5.95. The molecule has 1 amide bonds. The first-order valence-corrected chi connectivity index (χ1v) is 10.3. The van der Waals surface area contributed by atoms with Crippen molar-refractivity contribution in [3.63, 3.8) is 0 Å². The molecule has 0 aliphatic heterocycles. The smallest absolute Gasteiger partial charge is 0.326 e. The number of hydrogen-bond donors (Lipinski definition) is 1. The van der Waals surface area contributed by atoms with E-state index in [1.54, 1.807) is 24.3 Å². The van der Waals surface area contributed by atoms with Crippen LogP contribution in [0.2, 0.25) is 0 Å². The highest BCUT2D eigenvalue weighted by molar-refractivity contribution is 7.92. The molecule has 8 nitrogen and oxygen atoms in total. The zero-order chi connectivity index (χ0) is 21.6. The molecule has 0 atom stereocenters. The van der Waals surface area contributed by atoms with Gasteiger partial charge in [0.1, 0.15) is 12.3 Å². The normalized spacial score (nSPS) is 11.1. The van der Waals surface area contributed by atoms with Crippen molar-refractivity contribution >= 4 is 33.3 Å². The van der Waals surface area contributed by atoms with Crippen LogP contribution in [-0.4, -0.2) is 40.1 Å². The molecule has 0 aliphatic rings. The van der Waals surface area contributed by atoms with Crippen molar-refractivity contribution in [2.75, 3.05) is 23.3 Å². The lowest BCUT2D eigenvalue weighted by Gasteiger charge is -2.24. The number of nitrogens with zero attached hydrogens (tertiary/aromatic N) is 1. The molecule has 0 aromatic heterocycles. The number of rotatable bonds is 8. The van der Waals surface area contributed by atoms with Gasteiger partial charge in [-0.2, -0.15) is 0 Å². The van der Waals surface area contributed by atoms with Crippen molar-refractivity contribution in [3.05, 3.63) is 48.5 Å². The minimum absolute atomic E-state index is 0.0296. The van der Waals surface area contributed by atoms with Crippen molar-refractivity contribution in [1.29, 1.82) is 0 Å². The van der Waals surface area contributed by atoms with E-state index in [0.717, 1.165) is 4.31 Å². The standard InChI is InChI=1S/C20H24N2O6S/c1-14(2)28-18-9-7-17(8-10-18)22(13-20(24)27-4)29(25,26)19-11-5-16(6-12-19)21-15(3)23/h5-12,14H,13H2,1-4H3,(H,21,23). The Kier molecular flexibility index (Phi) is 7.22. The van der Waals surface area contributed by atoms with Crippen LogP contribution in [0.3, 0.4) is 0 Å². The molecule has 0 radical (unpaired) electrons. The number of ether oxygens (including phenoxy) is 2. The number of nitrogens with one attached hydrogen (secondary N) is 1. The monoisotopic (exact) mass is 420 g/mol. The molecule has 1 N–H and O–H groups in total. The fraction of sp³-hybridized carbons (Fsp3) is 0.300. The van der Waals surface area contributed by atoms with E-state index in [9.17, 15) is 18.0 Å². The van der Waals surface area contributed by atoms with Gasteiger partial charge >= 0.3 is 5.97 Å². The van der Waals surface area contributed by atoms with Crippen molar-refractivity contribution in [2.24, 2.45) is 0 Å². The molecule has 0 heterocycles. The lowest BCUT2D eigenvalue weighted by Crippen LogP contribution is -2.36. The Morgan fingerprint density at radius 2 is 1.62 bits per heavy atom. The quantitative estimate of drug-likeness (QED) is 0.659. The summed E-state index contributed by atoms with van der Waals surface area (Å²) in [5.41, 5.74) is 0.753. The molecule has 29 heavy (non-hydrogen) atoms. The molecule has 0 saturated heterocycles. The summed E-state index contributed by atoms with van der Waals surface area (Å²) < 4.78 is 37.6. The Hall–Kier alpha value is -3.07. The SMILES string of the molecule is COC(=O)CN(c1ccc(OC(C)C)cc1)S(=O)(=O)c1ccc(NC(C)=O)cc1. The maximum atomic E-state index is 13.2. The lowest BCUT2D eigenvalue weighted by atomic mass is 10.3. The highest BCUT2D eigenvalue weighted by Gasteiger charge is 2.27. The molecule has 0 fully saturated rings. The number of hydrogen-bond acceptors (Lipinski definition) is 6. The van der Waals surface area contributed by atoms with Crippen molar-refractivity contribution < 1.29 is 27.5 Å². The van der Waals surface area contributed by atoms with Gasteiger partial charge in [-0.15, -0.1) is 0 Å². The number of amides is 1. The largest absolute Gasteiger partial charge is 0.491 e. The van der Waals surface area contributed by atoms with Crippen molar-refractivity contribution in [2.45, 2.75) is 31.8 Å². The zero-order valence-electron chi connectivity index (χ0n) is 16.7. The molecule has 0 unspecified atom stereocenters. The summed E-state index contributed by atoms with van der Waals surface area (Å²) in [6.45, 7) is 4.63. The highest BCUT2D eigenvalue weighted by Crippen LogP contribution is 2.27. The second kappa shape index (κ2) is 9.42. The lowest BCUT2D eigenvalue weighted by molar-refractivity contribution is -0.138. The van der Waals surface area contributed by atoms with Gasteiger partial charge in [0.15, 0.2) is 0 Å². The summed E-state index contributed by atoms with van der Waals surface area (Å²) in [5.74, 6) is -0.388. The second-order valence-corrected chi connectivity index (χ2v) is 8.32. The molecular weight excluding hydrogens is 396 g/mol. The van der Waals surface area contributed by atoms with Gasteiger partial charge in [0.05, 0.1) is 23.8 Å². The number of esters is 1. The molecule has 2 aromatic carbocycles. The first kappa shape index (κ1) is 22.2. The van der Waals surface area contributed by atoms with Gasteiger partial charge in [0.2, 0.25) is 5.91 Å². The van der Waals surface area contributed by atoms with Crippen LogP contribution >= 0.6 is 0 Å². The molecule has 0 spiro atoms. The number of benzene rings is 2. The summed E-state index contributed by atoms with van der Waals surface area (Å²) in [6, 6.07) is 12.1. The van der Waals surface area contributed by atoms with Crippen LogP contribution in [0.1, 0.15) is 20.8 Å². The maximum absolute atomic E-state index is 13.2. The Balaban J connectivity index is 2.39. The van der Waals surface area contributed by atoms with E-state index >= 15 is 0 Å². The van der Waals surface area contributed by atoms with Crippen LogP contribution in [0, 0.1) is 0 Å². The molecule has 0 bridgehead atoms. The van der Waals surface area contributed by atoms with Crippen molar-refractivity contribution in [1.82, 2.24) is 0 Å². The van der Waals surface area contributed by atoms with E-state index in [4.69, 9.17) is 4.74 Å². The van der Waals surface area contributed by atoms with Gasteiger partial charge in [-0.3, -0.25) is 13.9 Å². The third-order valence-corrected chi connectivity index (χ3v) is 5.55. The fourth-order valence-electron chi connectivity index (χ4n) is 2.50. The minimum Gasteiger partial charge on any atom is -0.491 e. The number of sulfonamides is 1. The average molecular weight is 420 g/mol. The van der Waals surface area contributed by atoms with E-state index in [-0.39, 0.29) is 22.6 Å². The maximum Gasteiger partial charge on any atom is 0.326 e. The Bertz CT molecular complexity index is 953. The average Bonchev–Trinajstić information content (AvgIpc) is 2.66. The molecule has 2 aromatic rings. The van der Waals surface area contributed by atoms with E-state index in [1.807, 2.05) is 13.8 Å². The van der Waals surface area contributed by atoms with Gasteiger partial charge in [-0.1, -0.05) is 0 Å². The van der Waals surface area contributed by atoms with Crippen LogP contribution in [0.4, 0.5) is 11.4 Å².